The second kappa shape index (κ2) is 17.3. The van der Waals surface area contributed by atoms with Crippen molar-refractivity contribution in [3.05, 3.63) is 0 Å². The molecule has 0 aromatic heterocycles. The fourth-order valence-corrected chi connectivity index (χ4v) is 3.07. The molecule has 0 heterocycles. The molecule has 0 spiro atoms. The van der Waals surface area contributed by atoms with Crippen LogP contribution in [0.5, 0.6) is 0 Å². The van der Waals surface area contributed by atoms with Gasteiger partial charge in [0.25, 0.3) is 0 Å². The predicted octanol–water partition coefficient (Wildman–Crippen LogP) is 0.400. The van der Waals surface area contributed by atoms with E-state index in [2.05, 4.69) is 21.3 Å². The van der Waals surface area contributed by atoms with Crippen molar-refractivity contribution in [2.75, 3.05) is 13.1 Å². The number of hydrogen-bond donors (Lipinski definition) is 6. The van der Waals surface area contributed by atoms with Crippen molar-refractivity contribution in [2.24, 2.45) is 11.8 Å². The topological polar surface area (TPSA) is 191 Å². The Labute approximate surface area is 206 Å². The fraction of sp³-hybridized carbons (Fsp3) is 0.739. The maximum Gasteiger partial charge on any atom is 0.303 e. The Morgan fingerprint density at radius 1 is 0.571 bits per heavy atom. The Morgan fingerprint density at radius 3 is 1.20 bits per heavy atom. The van der Waals surface area contributed by atoms with Gasteiger partial charge in [-0.05, 0) is 31.1 Å². The van der Waals surface area contributed by atoms with Crippen LogP contribution in [-0.4, -0.2) is 71.0 Å². The normalized spacial score (nSPS) is 12.5. The molecular formula is C23H40N4O8. The average Bonchev–Trinajstić information content (AvgIpc) is 2.76. The summed E-state index contributed by atoms with van der Waals surface area (Å²) in [4.78, 5) is 69.6. The van der Waals surface area contributed by atoms with Crippen molar-refractivity contribution < 1.29 is 39.0 Å². The highest BCUT2D eigenvalue weighted by molar-refractivity contribution is 5.89. The number of nitrogens with one attached hydrogen (secondary N) is 4. The molecule has 2 atom stereocenters. The van der Waals surface area contributed by atoms with Crippen LogP contribution in [0, 0.1) is 11.8 Å². The molecule has 0 radical (unpaired) electrons. The van der Waals surface area contributed by atoms with Gasteiger partial charge in [-0.1, -0.05) is 27.7 Å². The molecule has 0 saturated carbocycles. The van der Waals surface area contributed by atoms with E-state index in [-0.39, 0.29) is 49.3 Å². The maximum absolute atomic E-state index is 12.4. The van der Waals surface area contributed by atoms with Crippen LogP contribution in [0.1, 0.15) is 72.6 Å². The van der Waals surface area contributed by atoms with E-state index in [1.165, 1.54) is 0 Å². The first-order valence-electron chi connectivity index (χ1n) is 11.9. The average molecular weight is 501 g/mol. The van der Waals surface area contributed by atoms with Crippen LogP contribution in [0.2, 0.25) is 0 Å². The number of unbranched alkanes of at least 4 members (excludes halogenated alkanes) is 2. The number of aliphatic carboxylic acids is 2. The molecule has 35 heavy (non-hydrogen) atoms. The highest BCUT2D eigenvalue weighted by Crippen LogP contribution is 2.05. The summed E-state index contributed by atoms with van der Waals surface area (Å²) < 4.78 is 0. The molecule has 12 nitrogen and oxygen atoms in total. The number of carbonyl (C=O) groups excluding carboxylic acids is 4. The monoisotopic (exact) mass is 500 g/mol. The van der Waals surface area contributed by atoms with E-state index in [1.807, 2.05) is 0 Å². The Balaban J connectivity index is 4.27. The van der Waals surface area contributed by atoms with Gasteiger partial charge in [-0.25, -0.2) is 0 Å². The van der Waals surface area contributed by atoms with Crippen LogP contribution in [0.15, 0.2) is 0 Å². The lowest BCUT2D eigenvalue weighted by Gasteiger charge is -2.22. The number of carbonyl (C=O) groups is 6. The lowest BCUT2D eigenvalue weighted by atomic mass is 10.0. The largest absolute Gasteiger partial charge is 0.481 e. The van der Waals surface area contributed by atoms with Gasteiger partial charge in [0.1, 0.15) is 12.1 Å². The van der Waals surface area contributed by atoms with E-state index < -0.39 is 35.8 Å². The van der Waals surface area contributed by atoms with Crippen LogP contribution in [-0.2, 0) is 28.8 Å². The van der Waals surface area contributed by atoms with Crippen molar-refractivity contribution in [1.82, 2.24) is 21.3 Å². The van der Waals surface area contributed by atoms with Gasteiger partial charge in [-0.2, -0.15) is 0 Å². The summed E-state index contributed by atoms with van der Waals surface area (Å²) in [6, 6.07) is -1.51. The van der Waals surface area contributed by atoms with E-state index in [0.29, 0.717) is 25.9 Å². The molecule has 0 aromatic carbocycles. The third-order valence-corrected chi connectivity index (χ3v) is 5.12. The molecule has 0 saturated heterocycles. The standard InChI is InChI=1S/C23H40N4O8/c1-14(2)20(26-16(28)8-10-18(30)31)22(34)24-12-6-5-7-13-25-23(35)21(15(3)4)27-17(29)9-11-19(32)33/h14-15,20-21H,5-13H2,1-4H3,(H,24,34)(H,25,35)(H,26,28)(H,27,29)(H,30,31)(H,32,33)/t20-,21-/m0/s1. The summed E-state index contributed by atoms with van der Waals surface area (Å²) in [6.45, 7) is 7.89. The minimum absolute atomic E-state index is 0.169. The first-order chi connectivity index (χ1) is 16.3. The Bertz CT molecular complexity index is 679. The molecule has 4 amide bonds. The molecule has 0 aromatic rings. The lowest BCUT2D eigenvalue weighted by molar-refractivity contribution is -0.139. The van der Waals surface area contributed by atoms with Crippen LogP contribution in [0.4, 0.5) is 0 Å². The molecule has 0 aliphatic rings. The predicted molar refractivity (Wildman–Crippen MR) is 127 cm³/mol. The minimum Gasteiger partial charge on any atom is -0.481 e. The van der Waals surface area contributed by atoms with Gasteiger partial charge in [0.05, 0.1) is 12.8 Å². The summed E-state index contributed by atoms with van der Waals surface area (Å²) in [5, 5.41) is 28.0. The van der Waals surface area contributed by atoms with Gasteiger partial charge in [0, 0.05) is 25.9 Å². The zero-order chi connectivity index (χ0) is 27.0. The number of rotatable bonds is 18. The smallest absolute Gasteiger partial charge is 0.303 e. The van der Waals surface area contributed by atoms with Crippen LogP contribution < -0.4 is 21.3 Å². The molecule has 0 aliphatic carbocycles. The molecule has 0 bridgehead atoms. The van der Waals surface area contributed by atoms with Gasteiger partial charge in [0.15, 0.2) is 0 Å². The number of carboxylic acid groups (broad SMARTS) is 2. The third-order valence-electron chi connectivity index (χ3n) is 5.12. The Kier molecular flexibility index (Phi) is 15.7. The summed E-state index contributed by atoms with van der Waals surface area (Å²) in [5.41, 5.74) is 0. The quantitative estimate of drug-likeness (QED) is 0.146. The summed E-state index contributed by atoms with van der Waals surface area (Å²) >= 11 is 0. The van der Waals surface area contributed by atoms with E-state index in [9.17, 15) is 28.8 Å². The Morgan fingerprint density at radius 2 is 0.914 bits per heavy atom. The van der Waals surface area contributed by atoms with E-state index >= 15 is 0 Å². The third kappa shape index (κ3) is 15.4. The van der Waals surface area contributed by atoms with Crippen LogP contribution in [0.3, 0.4) is 0 Å². The minimum atomic E-state index is -1.08. The van der Waals surface area contributed by atoms with Crippen molar-refractivity contribution in [3.63, 3.8) is 0 Å². The second-order valence-electron chi connectivity index (χ2n) is 9.01. The summed E-state index contributed by atoms with van der Waals surface area (Å²) in [6.07, 6.45) is 1.03. The van der Waals surface area contributed by atoms with Gasteiger partial charge in [-0.15, -0.1) is 0 Å². The Hall–Kier alpha value is -3.18. The first-order valence-corrected chi connectivity index (χ1v) is 11.9. The summed E-state index contributed by atoms with van der Waals surface area (Å²) in [5.74, 6) is -4.16. The summed E-state index contributed by atoms with van der Waals surface area (Å²) in [7, 11) is 0. The number of hydrogen-bond acceptors (Lipinski definition) is 6. The molecule has 6 N–H and O–H groups in total. The zero-order valence-electron chi connectivity index (χ0n) is 21.0. The zero-order valence-corrected chi connectivity index (χ0v) is 21.0. The van der Waals surface area contributed by atoms with Crippen molar-refractivity contribution >= 4 is 35.6 Å². The van der Waals surface area contributed by atoms with Crippen molar-refractivity contribution in [2.45, 2.75) is 84.7 Å². The number of amides is 4. The van der Waals surface area contributed by atoms with E-state index in [0.717, 1.165) is 6.42 Å². The highest BCUT2D eigenvalue weighted by Gasteiger charge is 2.25. The van der Waals surface area contributed by atoms with E-state index in [4.69, 9.17) is 10.2 Å². The number of carboxylic acids is 2. The molecule has 12 heteroatoms. The molecule has 0 rings (SSSR count). The van der Waals surface area contributed by atoms with Crippen LogP contribution >= 0.6 is 0 Å². The maximum atomic E-state index is 12.4. The molecule has 0 unspecified atom stereocenters. The van der Waals surface area contributed by atoms with Gasteiger partial charge in [0.2, 0.25) is 23.6 Å². The highest BCUT2D eigenvalue weighted by atomic mass is 16.4. The first kappa shape index (κ1) is 31.8. The van der Waals surface area contributed by atoms with Gasteiger partial charge < -0.3 is 31.5 Å². The van der Waals surface area contributed by atoms with E-state index in [1.54, 1.807) is 27.7 Å². The second-order valence-corrected chi connectivity index (χ2v) is 9.01. The lowest BCUT2D eigenvalue weighted by Crippen LogP contribution is -2.50. The van der Waals surface area contributed by atoms with Gasteiger partial charge >= 0.3 is 11.9 Å². The molecule has 0 fully saturated rings. The molecule has 200 valence electrons. The molecular weight excluding hydrogens is 460 g/mol. The molecule has 0 aliphatic heterocycles. The van der Waals surface area contributed by atoms with Crippen molar-refractivity contribution in [1.29, 1.82) is 0 Å². The van der Waals surface area contributed by atoms with Crippen molar-refractivity contribution in [3.8, 4) is 0 Å². The SMILES string of the molecule is CC(C)[C@H](NC(=O)CCC(=O)O)C(=O)NCCCCCNC(=O)[C@@H](NC(=O)CCC(=O)O)C(C)C. The fourth-order valence-electron chi connectivity index (χ4n) is 3.07. The van der Waals surface area contributed by atoms with Gasteiger partial charge in [-0.3, -0.25) is 28.8 Å². The van der Waals surface area contributed by atoms with Crippen LogP contribution in [0.25, 0.3) is 0 Å².